The van der Waals surface area contributed by atoms with Crippen molar-refractivity contribution in [2.75, 3.05) is 26.8 Å². The van der Waals surface area contributed by atoms with Gasteiger partial charge in [0.25, 0.3) is 0 Å². The van der Waals surface area contributed by atoms with Crippen LogP contribution in [0, 0.1) is 11.7 Å². The third-order valence-electron chi connectivity index (χ3n) is 4.01. The Morgan fingerprint density at radius 1 is 1.42 bits per heavy atom. The largest absolute Gasteiger partial charge is 0.383 e. The molecule has 1 aromatic rings. The molecule has 0 aliphatic carbocycles. The fourth-order valence-electron chi connectivity index (χ4n) is 2.78. The summed E-state index contributed by atoms with van der Waals surface area (Å²) in [6, 6.07) is 4.59. The first kappa shape index (κ1) is 18.8. The van der Waals surface area contributed by atoms with E-state index in [4.69, 9.17) is 4.74 Å². The van der Waals surface area contributed by atoms with Crippen molar-refractivity contribution < 1.29 is 22.3 Å². The highest BCUT2D eigenvalue weighted by atomic mass is 32.2. The van der Waals surface area contributed by atoms with Gasteiger partial charge in [-0.1, -0.05) is 0 Å². The maximum absolute atomic E-state index is 13.0. The van der Waals surface area contributed by atoms with Crippen molar-refractivity contribution in [3.63, 3.8) is 0 Å². The van der Waals surface area contributed by atoms with E-state index in [9.17, 15) is 17.6 Å². The van der Waals surface area contributed by atoms with Gasteiger partial charge in [-0.05, 0) is 44.0 Å². The van der Waals surface area contributed by atoms with Gasteiger partial charge in [0, 0.05) is 26.2 Å². The number of sulfonamides is 1. The molecule has 1 aliphatic rings. The Morgan fingerprint density at radius 2 is 2.08 bits per heavy atom. The SMILES string of the molecule is COC[C@H](C)NC(=O)[C@H]1CCCN(S(=O)(=O)c2ccc(F)cc2)C1. The smallest absolute Gasteiger partial charge is 0.243 e. The maximum Gasteiger partial charge on any atom is 0.243 e. The Balaban J connectivity index is 2.07. The zero-order chi connectivity index (χ0) is 17.7. The Morgan fingerprint density at radius 3 is 2.71 bits per heavy atom. The molecule has 0 bridgehead atoms. The van der Waals surface area contributed by atoms with Crippen LogP contribution >= 0.6 is 0 Å². The average Bonchev–Trinajstić information content (AvgIpc) is 2.55. The number of amides is 1. The van der Waals surface area contributed by atoms with Crippen LogP contribution in [-0.4, -0.2) is 51.5 Å². The van der Waals surface area contributed by atoms with E-state index in [1.165, 1.54) is 16.4 Å². The summed E-state index contributed by atoms with van der Waals surface area (Å²) < 4.78 is 44.6. The minimum Gasteiger partial charge on any atom is -0.383 e. The number of hydrogen-bond donors (Lipinski definition) is 1. The zero-order valence-electron chi connectivity index (χ0n) is 13.9. The molecule has 2 rings (SSSR count). The van der Waals surface area contributed by atoms with Gasteiger partial charge in [-0.25, -0.2) is 12.8 Å². The van der Waals surface area contributed by atoms with Crippen LogP contribution in [0.4, 0.5) is 4.39 Å². The monoisotopic (exact) mass is 358 g/mol. The molecule has 0 spiro atoms. The van der Waals surface area contributed by atoms with Crippen LogP contribution in [0.1, 0.15) is 19.8 Å². The molecule has 2 atom stereocenters. The normalized spacial score (nSPS) is 20.5. The number of nitrogens with one attached hydrogen (secondary N) is 1. The summed E-state index contributed by atoms with van der Waals surface area (Å²) in [6.45, 7) is 2.72. The first-order valence-electron chi connectivity index (χ1n) is 7.89. The molecule has 1 heterocycles. The van der Waals surface area contributed by atoms with Gasteiger partial charge >= 0.3 is 0 Å². The molecule has 6 nitrogen and oxygen atoms in total. The summed E-state index contributed by atoms with van der Waals surface area (Å²) in [5.74, 6) is -1.05. The number of nitrogens with zero attached hydrogens (tertiary/aromatic N) is 1. The predicted molar refractivity (Wildman–Crippen MR) is 87.4 cm³/mol. The average molecular weight is 358 g/mol. The van der Waals surface area contributed by atoms with Gasteiger partial charge < -0.3 is 10.1 Å². The van der Waals surface area contributed by atoms with E-state index in [0.29, 0.717) is 26.0 Å². The fraction of sp³-hybridized carbons (Fsp3) is 0.562. The van der Waals surface area contributed by atoms with Crippen LogP contribution in [0.5, 0.6) is 0 Å². The summed E-state index contributed by atoms with van der Waals surface area (Å²) in [7, 11) is -2.17. The van der Waals surface area contributed by atoms with Gasteiger partial charge in [0.15, 0.2) is 0 Å². The Kier molecular flexibility index (Phi) is 6.31. The van der Waals surface area contributed by atoms with Crippen LogP contribution in [0.15, 0.2) is 29.2 Å². The summed E-state index contributed by atoms with van der Waals surface area (Å²) in [5, 5.41) is 2.83. The first-order chi connectivity index (χ1) is 11.3. The summed E-state index contributed by atoms with van der Waals surface area (Å²) in [4.78, 5) is 12.3. The van der Waals surface area contributed by atoms with Crippen molar-refractivity contribution in [1.29, 1.82) is 0 Å². The summed E-state index contributed by atoms with van der Waals surface area (Å²) in [6.07, 6.45) is 1.25. The fourth-order valence-corrected chi connectivity index (χ4v) is 4.31. The molecular formula is C16H23FN2O4S. The Labute approximate surface area is 142 Å². The van der Waals surface area contributed by atoms with Crippen LogP contribution < -0.4 is 5.32 Å². The van der Waals surface area contributed by atoms with Crippen molar-refractivity contribution in [3.05, 3.63) is 30.1 Å². The van der Waals surface area contributed by atoms with Crippen LogP contribution in [0.2, 0.25) is 0 Å². The lowest BCUT2D eigenvalue weighted by atomic mass is 9.98. The van der Waals surface area contributed by atoms with Crippen LogP contribution in [-0.2, 0) is 19.6 Å². The molecule has 8 heteroatoms. The minimum atomic E-state index is -3.72. The number of carbonyl (C=O) groups excluding carboxylic acids is 1. The van der Waals surface area contributed by atoms with Crippen molar-refractivity contribution in [2.45, 2.75) is 30.7 Å². The molecule has 0 aromatic heterocycles. The van der Waals surface area contributed by atoms with Gasteiger partial charge in [0.05, 0.1) is 17.4 Å². The molecule has 1 aliphatic heterocycles. The van der Waals surface area contributed by atoms with Crippen molar-refractivity contribution >= 4 is 15.9 Å². The predicted octanol–water partition coefficient (Wildman–Crippen LogP) is 1.38. The maximum atomic E-state index is 13.0. The van der Waals surface area contributed by atoms with Crippen molar-refractivity contribution in [3.8, 4) is 0 Å². The Bertz CT molecular complexity index is 663. The number of rotatable bonds is 6. The second-order valence-electron chi connectivity index (χ2n) is 6.02. The molecule has 0 saturated carbocycles. The lowest BCUT2D eigenvalue weighted by molar-refractivity contribution is -0.127. The number of ether oxygens (including phenoxy) is 1. The molecule has 1 fully saturated rings. The lowest BCUT2D eigenvalue weighted by Gasteiger charge is -2.31. The van der Waals surface area contributed by atoms with E-state index in [2.05, 4.69) is 5.32 Å². The van der Waals surface area contributed by atoms with E-state index < -0.39 is 21.8 Å². The summed E-state index contributed by atoms with van der Waals surface area (Å²) in [5.41, 5.74) is 0. The van der Waals surface area contributed by atoms with Crippen molar-refractivity contribution in [1.82, 2.24) is 9.62 Å². The number of piperidine rings is 1. The van der Waals surface area contributed by atoms with E-state index in [-0.39, 0.29) is 23.4 Å². The number of hydrogen-bond acceptors (Lipinski definition) is 4. The molecule has 0 unspecified atom stereocenters. The highest BCUT2D eigenvalue weighted by molar-refractivity contribution is 7.89. The highest BCUT2D eigenvalue weighted by Gasteiger charge is 2.33. The zero-order valence-corrected chi connectivity index (χ0v) is 14.7. The van der Waals surface area contributed by atoms with Crippen LogP contribution in [0.3, 0.4) is 0 Å². The van der Waals surface area contributed by atoms with Gasteiger partial charge in [-0.3, -0.25) is 4.79 Å². The Hall–Kier alpha value is -1.51. The second kappa shape index (κ2) is 8.04. The molecule has 1 amide bonds. The topological polar surface area (TPSA) is 75.7 Å². The number of methoxy groups -OCH3 is 1. The van der Waals surface area contributed by atoms with Crippen molar-refractivity contribution in [2.24, 2.45) is 5.92 Å². The first-order valence-corrected chi connectivity index (χ1v) is 9.33. The number of benzene rings is 1. The van der Waals surface area contributed by atoms with E-state index in [1.54, 1.807) is 7.11 Å². The minimum absolute atomic E-state index is 0.0395. The van der Waals surface area contributed by atoms with Gasteiger partial charge in [0.1, 0.15) is 5.82 Å². The standard InChI is InChI=1S/C16H23FN2O4S/c1-12(11-23-2)18-16(20)13-4-3-9-19(10-13)24(21,22)15-7-5-14(17)6-8-15/h5-8,12-13H,3-4,9-11H2,1-2H3,(H,18,20)/t12-,13-/m0/s1. The molecular weight excluding hydrogens is 335 g/mol. The lowest BCUT2D eigenvalue weighted by Crippen LogP contribution is -2.47. The van der Waals surface area contributed by atoms with Gasteiger partial charge in [0.2, 0.25) is 15.9 Å². The number of halogens is 1. The third kappa shape index (κ3) is 4.52. The van der Waals surface area contributed by atoms with E-state index in [0.717, 1.165) is 12.1 Å². The summed E-state index contributed by atoms with van der Waals surface area (Å²) >= 11 is 0. The van der Waals surface area contributed by atoms with E-state index >= 15 is 0 Å². The molecule has 134 valence electrons. The quantitative estimate of drug-likeness (QED) is 0.834. The molecule has 24 heavy (non-hydrogen) atoms. The third-order valence-corrected chi connectivity index (χ3v) is 5.89. The molecule has 1 N–H and O–H groups in total. The number of carbonyl (C=O) groups is 1. The molecule has 0 radical (unpaired) electrons. The van der Waals surface area contributed by atoms with Gasteiger partial charge in [-0.15, -0.1) is 0 Å². The van der Waals surface area contributed by atoms with E-state index in [1.807, 2.05) is 6.92 Å². The second-order valence-corrected chi connectivity index (χ2v) is 7.96. The molecule has 1 saturated heterocycles. The van der Waals surface area contributed by atoms with Gasteiger partial charge in [-0.2, -0.15) is 4.31 Å². The highest BCUT2D eigenvalue weighted by Crippen LogP contribution is 2.24. The molecule has 1 aromatic carbocycles. The van der Waals surface area contributed by atoms with Crippen LogP contribution in [0.25, 0.3) is 0 Å².